The second-order valence-corrected chi connectivity index (χ2v) is 11.3. The topological polar surface area (TPSA) is 0 Å². The second-order valence-electron chi connectivity index (χ2n) is 7.61. The molecule has 0 atom stereocenters. The van der Waals surface area contributed by atoms with Gasteiger partial charge in [-0.05, 0) is 50.8 Å². The third-order valence-electron chi connectivity index (χ3n) is 5.52. The molecule has 2 aliphatic carbocycles. The summed E-state index contributed by atoms with van der Waals surface area (Å²) in [6.45, 7) is 8.93. The van der Waals surface area contributed by atoms with Gasteiger partial charge >= 0.3 is 37.9 Å². The van der Waals surface area contributed by atoms with Crippen molar-refractivity contribution in [3.63, 3.8) is 0 Å². The summed E-state index contributed by atoms with van der Waals surface area (Å²) in [5.41, 5.74) is 14.6. The summed E-state index contributed by atoms with van der Waals surface area (Å²) in [6, 6.07) is 9.18. The first kappa shape index (κ1) is 21.0. The van der Waals surface area contributed by atoms with Crippen LogP contribution in [0.4, 0.5) is 0 Å². The molecule has 27 heavy (non-hydrogen) atoms. The van der Waals surface area contributed by atoms with Gasteiger partial charge in [-0.1, -0.05) is 65.0 Å². The first-order valence-electron chi connectivity index (χ1n) is 9.32. The van der Waals surface area contributed by atoms with E-state index in [-0.39, 0.29) is 0 Å². The third kappa shape index (κ3) is 4.64. The molecule has 0 unspecified atom stereocenters. The summed E-state index contributed by atoms with van der Waals surface area (Å²) < 4.78 is 0. The van der Waals surface area contributed by atoms with E-state index in [4.69, 9.17) is 17.0 Å². The summed E-state index contributed by atoms with van der Waals surface area (Å²) in [4.78, 5) is 0. The number of hydrogen-bond donors (Lipinski definition) is 0. The summed E-state index contributed by atoms with van der Waals surface area (Å²) in [5.74, 6) is 0. The molecule has 0 bridgehead atoms. The van der Waals surface area contributed by atoms with Crippen molar-refractivity contribution in [2.75, 3.05) is 0 Å². The number of hydrogen-bond acceptors (Lipinski definition) is 0. The fourth-order valence-corrected chi connectivity index (χ4v) is 4.19. The predicted octanol–water partition coefficient (Wildman–Crippen LogP) is 7.39. The second kappa shape index (κ2) is 9.17. The summed E-state index contributed by atoms with van der Waals surface area (Å²) in [7, 11) is 9.87. The van der Waals surface area contributed by atoms with Crippen molar-refractivity contribution in [3.05, 3.63) is 86.3 Å². The monoisotopic (exact) mass is 473 g/mol. The molecular formula is C24H25Cl2Zr-. The standard InChI is InChI=1S/C24H25.2ClH.Zr/c1-15-11-21-17(3)5-7-19(23(21)13-15)9-10-20-8-6-18(4)22-12-16(2)14-24(20)22;;;/h5-9,11-12H,10,13-14H2,1-4H3;2*1H;/q-1;;;+2/p-2. The first-order chi connectivity index (χ1) is 12.9. The van der Waals surface area contributed by atoms with Gasteiger partial charge in [0.1, 0.15) is 0 Å². The Bertz CT molecular complexity index is 847. The van der Waals surface area contributed by atoms with E-state index in [1.807, 2.05) is 0 Å². The van der Waals surface area contributed by atoms with E-state index in [1.54, 1.807) is 5.56 Å². The summed E-state index contributed by atoms with van der Waals surface area (Å²) in [6.07, 6.45) is 10.4. The number of fused-ring (bicyclic) bond motifs is 2. The Labute approximate surface area is 182 Å². The van der Waals surface area contributed by atoms with Crippen molar-refractivity contribution in [1.29, 1.82) is 0 Å². The molecule has 4 rings (SSSR count). The predicted molar refractivity (Wildman–Crippen MR) is 116 cm³/mol. The molecule has 0 amide bonds. The van der Waals surface area contributed by atoms with E-state index in [0.29, 0.717) is 0 Å². The van der Waals surface area contributed by atoms with Gasteiger partial charge in [0.2, 0.25) is 0 Å². The van der Waals surface area contributed by atoms with Crippen LogP contribution in [0.25, 0.3) is 12.2 Å². The normalized spacial score (nSPS) is 13.9. The van der Waals surface area contributed by atoms with E-state index in [1.165, 1.54) is 50.1 Å². The van der Waals surface area contributed by atoms with E-state index < -0.39 is 20.8 Å². The average Bonchev–Trinajstić information content (AvgIpc) is 3.20. The van der Waals surface area contributed by atoms with Gasteiger partial charge in [0.15, 0.2) is 0 Å². The zero-order valence-corrected chi connectivity index (χ0v) is 20.4. The van der Waals surface area contributed by atoms with Gasteiger partial charge < -0.3 is 0 Å². The van der Waals surface area contributed by atoms with Crippen molar-refractivity contribution >= 4 is 29.2 Å². The molecule has 0 nitrogen and oxygen atoms in total. The molecule has 0 spiro atoms. The van der Waals surface area contributed by atoms with Gasteiger partial charge in [0.05, 0.1) is 0 Å². The zero-order valence-electron chi connectivity index (χ0n) is 16.4. The van der Waals surface area contributed by atoms with Gasteiger partial charge in [0, 0.05) is 0 Å². The van der Waals surface area contributed by atoms with E-state index >= 15 is 0 Å². The molecule has 0 aliphatic heterocycles. The fourth-order valence-electron chi connectivity index (χ4n) is 4.19. The summed E-state index contributed by atoms with van der Waals surface area (Å²) in [5, 5.41) is 0. The molecule has 140 valence electrons. The molecular weight excluding hydrogens is 450 g/mol. The Kier molecular flexibility index (Phi) is 7.12. The Morgan fingerprint density at radius 3 is 1.96 bits per heavy atom. The zero-order chi connectivity index (χ0) is 19.6. The van der Waals surface area contributed by atoms with Crippen LogP contribution in [-0.2, 0) is 40.1 Å². The maximum atomic E-state index is 4.93. The third-order valence-corrected chi connectivity index (χ3v) is 5.52. The minimum absolute atomic E-state index is 0.826. The fraction of sp³-hybridized carbons (Fsp3) is 0.292. The molecule has 0 saturated carbocycles. The SMILES string of the molecule is CC1=Cc2c(C)ccc([CH-]Cc3ccc(C)c4c3CC(C)=C4)c2C1.[Cl][Zr][Cl]. The number of allylic oxidation sites excluding steroid dienone is 2. The molecule has 0 N–H and O–H groups in total. The Balaban J connectivity index is 0.000000659. The average molecular weight is 476 g/mol. The summed E-state index contributed by atoms with van der Waals surface area (Å²) >= 11 is -0.826. The first-order valence-corrected chi connectivity index (χ1v) is 15.6. The van der Waals surface area contributed by atoms with Crippen LogP contribution in [0, 0.1) is 20.3 Å². The van der Waals surface area contributed by atoms with Crippen molar-refractivity contribution in [3.8, 4) is 0 Å². The van der Waals surface area contributed by atoms with Crippen LogP contribution < -0.4 is 0 Å². The number of rotatable bonds is 3. The molecule has 2 aromatic rings. The van der Waals surface area contributed by atoms with Gasteiger partial charge in [-0.25, -0.2) is 0 Å². The van der Waals surface area contributed by atoms with Crippen LogP contribution in [0.5, 0.6) is 0 Å². The van der Waals surface area contributed by atoms with Crippen LogP contribution in [0.1, 0.15) is 58.4 Å². The van der Waals surface area contributed by atoms with Crippen molar-refractivity contribution in [2.24, 2.45) is 0 Å². The Hall–Kier alpha value is -0.747. The number of benzene rings is 2. The van der Waals surface area contributed by atoms with Crippen LogP contribution in [0.15, 0.2) is 35.4 Å². The molecule has 2 aliphatic rings. The minimum atomic E-state index is -0.826. The Morgan fingerprint density at radius 2 is 1.33 bits per heavy atom. The molecule has 0 aromatic heterocycles. The molecule has 0 radical (unpaired) electrons. The number of aryl methyl sites for hydroxylation is 2. The van der Waals surface area contributed by atoms with Gasteiger partial charge in [0.25, 0.3) is 0 Å². The maximum absolute atomic E-state index is 4.93. The molecule has 3 heteroatoms. The van der Waals surface area contributed by atoms with Crippen LogP contribution in [0.2, 0.25) is 0 Å². The molecule has 0 saturated heterocycles. The van der Waals surface area contributed by atoms with Gasteiger partial charge in [-0.2, -0.15) is 18.1 Å². The van der Waals surface area contributed by atoms with E-state index in [2.05, 4.69) is 70.5 Å². The van der Waals surface area contributed by atoms with E-state index in [9.17, 15) is 0 Å². The quantitative estimate of drug-likeness (QED) is 0.406. The number of halogens is 2. The van der Waals surface area contributed by atoms with Gasteiger partial charge in [-0.3, -0.25) is 0 Å². The Morgan fingerprint density at radius 1 is 0.815 bits per heavy atom. The van der Waals surface area contributed by atoms with Crippen molar-refractivity contribution in [2.45, 2.75) is 47.0 Å². The van der Waals surface area contributed by atoms with Crippen LogP contribution in [0.3, 0.4) is 0 Å². The van der Waals surface area contributed by atoms with E-state index in [0.717, 1.165) is 19.3 Å². The van der Waals surface area contributed by atoms with Crippen molar-refractivity contribution < 1.29 is 20.8 Å². The molecule has 2 aromatic carbocycles. The van der Waals surface area contributed by atoms with Crippen LogP contribution in [-0.4, -0.2) is 0 Å². The van der Waals surface area contributed by atoms with Gasteiger partial charge in [-0.15, -0.1) is 11.6 Å². The molecule has 0 fully saturated rings. The van der Waals surface area contributed by atoms with Crippen molar-refractivity contribution in [1.82, 2.24) is 0 Å². The van der Waals surface area contributed by atoms with Crippen LogP contribution >= 0.6 is 17.0 Å². The molecule has 0 heterocycles.